The molecule has 0 radical (unpaired) electrons. The third-order valence-corrected chi connectivity index (χ3v) is 9.91. The molecule has 0 amide bonds. The van der Waals surface area contributed by atoms with Gasteiger partial charge in [-0.2, -0.15) is 0 Å². The van der Waals surface area contributed by atoms with E-state index >= 15 is 0 Å². The first kappa shape index (κ1) is 27.4. The van der Waals surface area contributed by atoms with Crippen LogP contribution in [0.15, 0.2) is 34.2 Å². The van der Waals surface area contributed by atoms with Crippen LogP contribution in [0.2, 0.25) is 0 Å². The highest BCUT2D eigenvalue weighted by Crippen LogP contribution is 2.47. The summed E-state index contributed by atoms with van der Waals surface area (Å²) in [6, 6.07) is 9.63. The number of rotatable bonds is 8. The van der Waals surface area contributed by atoms with Gasteiger partial charge in [0.15, 0.2) is 5.69 Å². The van der Waals surface area contributed by atoms with Crippen molar-refractivity contribution in [3.63, 3.8) is 0 Å². The van der Waals surface area contributed by atoms with Crippen LogP contribution < -0.4 is 5.56 Å². The van der Waals surface area contributed by atoms with Gasteiger partial charge in [-0.1, -0.05) is 43.0 Å². The van der Waals surface area contributed by atoms with E-state index < -0.39 is 5.97 Å². The lowest BCUT2D eigenvalue weighted by molar-refractivity contribution is -0.136. The maximum atomic E-state index is 14.3. The van der Waals surface area contributed by atoms with Crippen LogP contribution in [0.5, 0.6) is 0 Å². The molecule has 2 aliphatic carbocycles. The van der Waals surface area contributed by atoms with Crippen molar-refractivity contribution in [1.82, 2.24) is 14.5 Å². The number of carbonyl (C=O) groups is 1. The molecule has 1 N–H and O–H groups in total. The summed E-state index contributed by atoms with van der Waals surface area (Å²) < 4.78 is 1.97. The summed E-state index contributed by atoms with van der Waals surface area (Å²) in [4.78, 5) is 38.8. The van der Waals surface area contributed by atoms with Crippen LogP contribution in [0.1, 0.15) is 109 Å². The standard InChI is InChI=1S/C32H44N4O4/c1-20(2)40-34-28(13-14-30(37)38)31-32(39)36(29-12-4-3-11-27(29)33-31)26-18-23-9-6-10-24(19-26)35(23)25-16-21-7-5-8-22(15-21)17-25/h3-4,11-12,20-26H,5-10,13-19H2,1-2H3,(H,37,38)/b34-28+. The molecule has 3 heterocycles. The molecule has 216 valence electrons. The molecule has 2 aliphatic heterocycles. The minimum atomic E-state index is -0.939. The van der Waals surface area contributed by atoms with E-state index in [9.17, 15) is 14.7 Å². The summed E-state index contributed by atoms with van der Waals surface area (Å²) in [7, 11) is 0. The van der Waals surface area contributed by atoms with Gasteiger partial charge in [0.2, 0.25) is 0 Å². The largest absolute Gasteiger partial charge is 0.481 e. The maximum absolute atomic E-state index is 14.3. The molecular formula is C32H44N4O4. The number of aromatic nitrogens is 2. The quantitative estimate of drug-likeness (QED) is 0.325. The van der Waals surface area contributed by atoms with Crippen LogP contribution in [0, 0.1) is 11.8 Å². The Balaban J connectivity index is 1.35. The van der Waals surface area contributed by atoms with Crippen LogP contribution in [0.3, 0.4) is 0 Å². The number of hydrogen-bond donors (Lipinski definition) is 1. The van der Waals surface area contributed by atoms with Crippen molar-refractivity contribution in [2.45, 2.75) is 128 Å². The first-order valence-electron chi connectivity index (χ1n) is 15.6. The van der Waals surface area contributed by atoms with Crippen molar-refractivity contribution in [3.05, 3.63) is 40.3 Å². The van der Waals surface area contributed by atoms with Crippen LogP contribution in [-0.4, -0.2) is 55.5 Å². The maximum Gasteiger partial charge on any atom is 0.303 e. The SMILES string of the molecule is CC(C)O/N=C(\CCC(=O)O)c1nc2ccccc2n(C2CC3CCCC(C2)N3C2CC3CCCC(C3)C2)c1=O. The zero-order chi connectivity index (χ0) is 27.8. The van der Waals surface area contributed by atoms with Crippen molar-refractivity contribution >= 4 is 22.7 Å². The second kappa shape index (κ2) is 11.6. The van der Waals surface area contributed by atoms with E-state index in [1.165, 1.54) is 57.8 Å². The van der Waals surface area contributed by atoms with Gasteiger partial charge < -0.3 is 14.5 Å². The van der Waals surface area contributed by atoms with Gasteiger partial charge in [-0.15, -0.1) is 0 Å². The Kier molecular flexibility index (Phi) is 7.98. The molecule has 8 heteroatoms. The number of oxime groups is 1. The van der Waals surface area contributed by atoms with Gasteiger partial charge in [0, 0.05) is 30.6 Å². The minimum absolute atomic E-state index is 0.0838. The van der Waals surface area contributed by atoms with E-state index in [-0.39, 0.29) is 36.2 Å². The van der Waals surface area contributed by atoms with Crippen LogP contribution in [0.25, 0.3) is 11.0 Å². The number of aliphatic carboxylic acids is 1. The lowest BCUT2D eigenvalue weighted by Gasteiger charge is -2.55. The van der Waals surface area contributed by atoms with Crippen molar-refractivity contribution in [1.29, 1.82) is 0 Å². The molecule has 4 bridgehead atoms. The van der Waals surface area contributed by atoms with Crippen LogP contribution in [0.4, 0.5) is 0 Å². The Labute approximate surface area is 236 Å². The normalized spacial score (nSPS) is 30.9. The summed E-state index contributed by atoms with van der Waals surface area (Å²) >= 11 is 0. The Bertz CT molecular complexity index is 1290. The Morgan fingerprint density at radius 1 is 0.950 bits per heavy atom. The van der Waals surface area contributed by atoms with Gasteiger partial charge in [0.25, 0.3) is 5.56 Å². The van der Waals surface area contributed by atoms with Gasteiger partial charge in [-0.25, -0.2) is 4.98 Å². The molecule has 4 fully saturated rings. The van der Waals surface area contributed by atoms with Gasteiger partial charge in [0.1, 0.15) is 11.8 Å². The highest BCUT2D eigenvalue weighted by Gasteiger charge is 2.45. The van der Waals surface area contributed by atoms with E-state index in [1.54, 1.807) is 0 Å². The molecule has 2 saturated heterocycles. The number of para-hydroxylation sites is 2. The Morgan fingerprint density at radius 2 is 1.62 bits per heavy atom. The number of hydrogen-bond acceptors (Lipinski definition) is 6. The van der Waals surface area contributed by atoms with E-state index in [2.05, 4.69) is 10.1 Å². The number of carboxylic acids is 1. The first-order chi connectivity index (χ1) is 19.4. The number of piperidine rings is 2. The van der Waals surface area contributed by atoms with Crippen LogP contribution >= 0.6 is 0 Å². The molecule has 1 aromatic heterocycles. The van der Waals surface area contributed by atoms with Crippen LogP contribution in [-0.2, 0) is 9.63 Å². The highest BCUT2D eigenvalue weighted by molar-refractivity contribution is 6.00. The smallest absolute Gasteiger partial charge is 0.303 e. The number of benzene rings is 1. The summed E-state index contributed by atoms with van der Waals surface area (Å²) in [5, 5.41) is 13.6. The average Bonchev–Trinajstić information content (AvgIpc) is 2.92. The van der Waals surface area contributed by atoms with Crippen molar-refractivity contribution in [2.24, 2.45) is 17.0 Å². The Hall–Kier alpha value is -2.74. The number of fused-ring (bicyclic) bond motifs is 5. The summed E-state index contributed by atoms with van der Waals surface area (Å²) in [6.45, 7) is 3.72. The summed E-state index contributed by atoms with van der Waals surface area (Å²) in [5.41, 5.74) is 1.93. The lowest BCUT2D eigenvalue weighted by atomic mass is 9.68. The molecule has 1 aromatic carbocycles. The zero-order valence-electron chi connectivity index (χ0n) is 24.0. The molecule has 2 aromatic rings. The molecule has 40 heavy (non-hydrogen) atoms. The predicted molar refractivity (Wildman–Crippen MR) is 156 cm³/mol. The monoisotopic (exact) mass is 548 g/mol. The van der Waals surface area contributed by atoms with E-state index in [4.69, 9.17) is 9.82 Å². The van der Waals surface area contributed by atoms with E-state index in [0.717, 1.165) is 35.7 Å². The fourth-order valence-corrected chi connectivity index (χ4v) is 8.44. The molecule has 6 rings (SSSR count). The van der Waals surface area contributed by atoms with Gasteiger partial charge in [-0.05, 0) is 82.8 Å². The zero-order valence-corrected chi connectivity index (χ0v) is 24.0. The molecule has 4 unspecified atom stereocenters. The summed E-state index contributed by atoms with van der Waals surface area (Å²) in [5.74, 6) is 0.870. The average molecular weight is 549 g/mol. The fourth-order valence-electron chi connectivity index (χ4n) is 8.44. The minimum Gasteiger partial charge on any atom is -0.481 e. The van der Waals surface area contributed by atoms with Gasteiger partial charge in [-0.3, -0.25) is 14.5 Å². The molecule has 4 aliphatic rings. The topological polar surface area (TPSA) is 97.0 Å². The van der Waals surface area contributed by atoms with E-state index in [1.807, 2.05) is 42.7 Å². The third-order valence-electron chi connectivity index (χ3n) is 9.91. The van der Waals surface area contributed by atoms with Crippen molar-refractivity contribution in [3.8, 4) is 0 Å². The predicted octanol–water partition coefficient (Wildman–Crippen LogP) is 5.92. The van der Waals surface area contributed by atoms with Crippen molar-refractivity contribution < 1.29 is 14.7 Å². The highest BCUT2D eigenvalue weighted by atomic mass is 16.6. The second-order valence-corrected chi connectivity index (χ2v) is 13.0. The van der Waals surface area contributed by atoms with Gasteiger partial charge in [0.05, 0.1) is 17.5 Å². The molecule has 4 atom stereocenters. The lowest BCUT2D eigenvalue weighted by Crippen LogP contribution is -2.58. The third kappa shape index (κ3) is 5.56. The molecular weight excluding hydrogens is 504 g/mol. The van der Waals surface area contributed by atoms with Crippen molar-refractivity contribution in [2.75, 3.05) is 0 Å². The van der Waals surface area contributed by atoms with E-state index in [0.29, 0.717) is 23.8 Å². The van der Waals surface area contributed by atoms with Gasteiger partial charge >= 0.3 is 5.97 Å². The molecule has 2 saturated carbocycles. The summed E-state index contributed by atoms with van der Waals surface area (Å²) in [6.07, 6.45) is 13.8. The Morgan fingerprint density at radius 3 is 2.30 bits per heavy atom. The first-order valence-corrected chi connectivity index (χ1v) is 15.6. The fraction of sp³-hybridized carbons (Fsp3) is 0.688. The number of carboxylic acid groups (broad SMARTS) is 1. The molecule has 0 spiro atoms. The molecule has 8 nitrogen and oxygen atoms in total. The second-order valence-electron chi connectivity index (χ2n) is 13.0. The number of nitrogens with zero attached hydrogens (tertiary/aromatic N) is 4.